The molecular weight excluding hydrogens is 408 g/mol. The maximum atomic E-state index is 5.83. The van der Waals surface area contributed by atoms with Crippen LogP contribution in [0.1, 0.15) is 16.4 Å². The van der Waals surface area contributed by atoms with Gasteiger partial charge in [0.15, 0.2) is 5.82 Å². The summed E-state index contributed by atoms with van der Waals surface area (Å²) in [6, 6.07) is 26.4. The lowest BCUT2D eigenvalue weighted by molar-refractivity contribution is 0.292. The van der Waals surface area contributed by atoms with Gasteiger partial charge >= 0.3 is 0 Å². The van der Waals surface area contributed by atoms with Gasteiger partial charge in [0.1, 0.15) is 23.1 Å². The van der Waals surface area contributed by atoms with Crippen molar-refractivity contribution in [2.45, 2.75) is 13.0 Å². The van der Waals surface area contributed by atoms with Gasteiger partial charge in [-0.2, -0.15) is 9.61 Å². The van der Waals surface area contributed by atoms with Crippen molar-refractivity contribution >= 4 is 16.3 Å². The van der Waals surface area contributed by atoms with Crippen molar-refractivity contribution in [3.05, 3.63) is 95.3 Å². The van der Waals surface area contributed by atoms with Crippen molar-refractivity contribution < 1.29 is 9.47 Å². The molecular formula is C24H20N4O2S. The second-order valence-electron chi connectivity index (χ2n) is 7.01. The van der Waals surface area contributed by atoms with E-state index < -0.39 is 0 Å². The van der Waals surface area contributed by atoms with Gasteiger partial charge in [-0.15, -0.1) is 10.2 Å². The third kappa shape index (κ3) is 4.27. The van der Waals surface area contributed by atoms with Crippen LogP contribution in [0.2, 0.25) is 0 Å². The Morgan fingerprint density at radius 3 is 2.26 bits per heavy atom. The zero-order valence-corrected chi connectivity index (χ0v) is 17.7. The number of methoxy groups -OCH3 is 1. The van der Waals surface area contributed by atoms with Crippen LogP contribution in [0.15, 0.2) is 78.9 Å². The number of fused-ring (bicyclic) bond motifs is 1. The van der Waals surface area contributed by atoms with E-state index in [4.69, 9.17) is 14.6 Å². The highest BCUT2D eigenvalue weighted by Crippen LogP contribution is 2.23. The van der Waals surface area contributed by atoms with E-state index in [1.165, 1.54) is 16.7 Å². The van der Waals surface area contributed by atoms with E-state index in [1.807, 2.05) is 30.3 Å². The van der Waals surface area contributed by atoms with Crippen molar-refractivity contribution in [1.82, 2.24) is 19.8 Å². The molecule has 0 fully saturated rings. The van der Waals surface area contributed by atoms with E-state index in [2.05, 4.69) is 58.7 Å². The average molecular weight is 429 g/mol. The van der Waals surface area contributed by atoms with Crippen LogP contribution < -0.4 is 9.47 Å². The fourth-order valence-corrected chi connectivity index (χ4v) is 4.19. The van der Waals surface area contributed by atoms with Crippen molar-refractivity contribution in [3.63, 3.8) is 0 Å². The Morgan fingerprint density at radius 2 is 1.52 bits per heavy atom. The maximum Gasteiger partial charge on any atom is 0.234 e. The summed E-state index contributed by atoms with van der Waals surface area (Å²) in [6.07, 6.45) is 0.752. The minimum absolute atomic E-state index is 0.294. The summed E-state index contributed by atoms with van der Waals surface area (Å²) >= 11 is 1.55. The highest BCUT2D eigenvalue weighted by atomic mass is 32.1. The number of ether oxygens (including phenoxy) is 2. The SMILES string of the molecule is COc1ccc(OCc2nnc3sc(Cc4ccc(-c5ccccc5)cc4)nn23)cc1. The summed E-state index contributed by atoms with van der Waals surface area (Å²) in [5, 5.41) is 14.1. The van der Waals surface area contributed by atoms with Crippen LogP contribution in [-0.2, 0) is 13.0 Å². The minimum Gasteiger partial charge on any atom is -0.497 e. The zero-order chi connectivity index (χ0) is 21.0. The van der Waals surface area contributed by atoms with Crippen LogP contribution in [0.5, 0.6) is 11.5 Å². The smallest absolute Gasteiger partial charge is 0.234 e. The summed E-state index contributed by atoms with van der Waals surface area (Å²) < 4.78 is 12.8. The van der Waals surface area contributed by atoms with Crippen molar-refractivity contribution in [2.75, 3.05) is 7.11 Å². The molecule has 2 aromatic heterocycles. The van der Waals surface area contributed by atoms with E-state index in [9.17, 15) is 0 Å². The van der Waals surface area contributed by atoms with Gasteiger partial charge < -0.3 is 9.47 Å². The van der Waals surface area contributed by atoms with E-state index >= 15 is 0 Å². The van der Waals surface area contributed by atoms with Crippen LogP contribution in [-0.4, -0.2) is 26.9 Å². The number of hydrogen-bond acceptors (Lipinski definition) is 6. The Labute approximate surface area is 183 Å². The van der Waals surface area contributed by atoms with Crippen LogP contribution in [0.3, 0.4) is 0 Å². The van der Waals surface area contributed by atoms with Gasteiger partial charge in [0.25, 0.3) is 0 Å². The van der Waals surface area contributed by atoms with Gasteiger partial charge in [0.2, 0.25) is 4.96 Å². The van der Waals surface area contributed by atoms with Gasteiger partial charge in [-0.1, -0.05) is 65.9 Å². The number of benzene rings is 3. The Bertz CT molecular complexity index is 1280. The highest BCUT2D eigenvalue weighted by molar-refractivity contribution is 7.16. The molecule has 3 aromatic carbocycles. The Kier molecular flexibility index (Phi) is 5.33. The number of hydrogen-bond donors (Lipinski definition) is 0. The molecule has 5 aromatic rings. The van der Waals surface area contributed by atoms with Crippen molar-refractivity contribution in [1.29, 1.82) is 0 Å². The summed E-state index contributed by atoms with van der Waals surface area (Å²) in [5.41, 5.74) is 3.63. The van der Waals surface area contributed by atoms with Crippen LogP contribution >= 0.6 is 11.3 Å². The van der Waals surface area contributed by atoms with E-state index in [1.54, 1.807) is 23.0 Å². The Morgan fingerprint density at radius 1 is 0.806 bits per heavy atom. The summed E-state index contributed by atoms with van der Waals surface area (Å²) in [6.45, 7) is 0.294. The first-order valence-corrected chi connectivity index (χ1v) is 10.7. The van der Waals surface area contributed by atoms with E-state index in [-0.39, 0.29) is 0 Å². The first-order chi connectivity index (χ1) is 15.3. The molecule has 0 saturated carbocycles. The standard InChI is InChI=1S/C24H20N4O2S/c1-29-20-11-13-21(14-12-20)30-16-22-25-26-24-28(22)27-23(31-24)15-17-7-9-19(10-8-17)18-5-3-2-4-6-18/h2-14H,15-16H2,1H3. The van der Waals surface area contributed by atoms with E-state index in [0.29, 0.717) is 12.4 Å². The van der Waals surface area contributed by atoms with Gasteiger partial charge in [-0.25, -0.2) is 0 Å². The fourth-order valence-electron chi connectivity index (χ4n) is 3.30. The molecule has 7 heteroatoms. The predicted molar refractivity (Wildman–Crippen MR) is 121 cm³/mol. The molecule has 0 saturated heterocycles. The molecule has 0 unspecified atom stereocenters. The molecule has 0 bridgehead atoms. The molecule has 6 nitrogen and oxygen atoms in total. The largest absolute Gasteiger partial charge is 0.497 e. The second-order valence-corrected chi connectivity index (χ2v) is 8.05. The normalized spacial score (nSPS) is 11.0. The number of nitrogens with zero attached hydrogens (tertiary/aromatic N) is 4. The van der Waals surface area contributed by atoms with Gasteiger partial charge in [0.05, 0.1) is 7.11 Å². The van der Waals surface area contributed by atoms with E-state index in [0.717, 1.165) is 27.9 Å². The molecule has 0 aliphatic heterocycles. The number of rotatable bonds is 7. The monoisotopic (exact) mass is 428 g/mol. The molecule has 0 atom stereocenters. The van der Waals surface area contributed by atoms with Crippen LogP contribution in [0.4, 0.5) is 0 Å². The third-order valence-electron chi connectivity index (χ3n) is 4.94. The number of aromatic nitrogens is 4. The molecule has 31 heavy (non-hydrogen) atoms. The molecule has 0 aliphatic carbocycles. The molecule has 154 valence electrons. The van der Waals surface area contributed by atoms with Crippen LogP contribution in [0.25, 0.3) is 16.1 Å². The lowest BCUT2D eigenvalue weighted by Gasteiger charge is -2.05. The predicted octanol–water partition coefficient (Wildman–Crippen LogP) is 5.03. The highest BCUT2D eigenvalue weighted by Gasteiger charge is 2.13. The lowest BCUT2D eigenvalue weighted by Crippen LogP contribution is -2.03. The fraction of sp³-hybridized carbons (Fsp3) is 0.125. The molecule has 0 radical (unpaired) electrons. The van der Waals surface area contributed by atoms with Crippen molar-refractivity contribution in [3.8, 4) is 22.6 Å². The van der Waals surface area contributed by atoms with Crippen LogP contribution in [0, 0.1) is 0 Å². The molecule has 0 amide bonds. The molecule has 2 heterocycles. The Hall–Kier alpha value is -3.71. The molecule has 5 rings (SSSR count). The summed E-state index contributed by atoms with van der Waals surface area (Å²) in [4.78, 5) is 0.768. The minimum atomic E-state index is 0.294. The summed E-state index contributed by atoms with van der Waals surface area (Å²) in [7, 11) is 1.64. The average Bonchev–Trinajstić information content (AvgIpc) is 3.39. The first-order valence-electron chi connectivity index (χ1n) is 9.90. The summed E-state index contributed by atoms with van der Waals surface area (Å²) in [5.74, 6) is 2.21. The molecule has 0 aliphatic rings. The quantitative estimate of drug-likeness (QED) is 0.364. The van der Waals surface area contributed by atoms with Crippen molar-refractivity contribution in [2.24, 2.45) is 0 Å². The zero-order valence-electron chi connectivity index (χ0n) is 16.9. The first kappa shape index (κ1) is 19.3. The topological polar surface area (TPSA) is 61.5 Å². The van der Waals surface area contributed by atoms with Gasteiger partial charge in [-0.05, 0) is 41.0 Å². The molecule has 0 spiro atoms. The maximum absolute atomic E-state index is 5.83. The van der Waals surface area contributed by atoms with Gasteiger partial charge in [-0.3, -0.25) is 0 Å². The van der Waals surface area contributed by atoms with Gasteiger partial charge in [0, 0.05) is 6.42 Å². The Balaban J connectivity index is 1.27. The molecule has 0 N–H and O–H groups in total. The lowest BCUT2D eigenvalue weighted by atomic mass is 10.0. The second kappa shape index (κ2) is 8.57. The third-order valence-corrected chi connectivity index (χ3v) is 5.84.